The first-order chi connectivity index (χ1) is 12.0. The summed E-state index contributed by atoms with van der Waals surface area (Å²) in [4.78, 5) is 26.1. The summed E-state index contributed by atoms with van der Waals surface area (Å²) in [6, 6.07) is 9.18. The van der Waals surface area contributed by atoms with Crippen molar-refractivity contribution in [1.82, 2.24) is 10.3 Å². The molecular weight excluding hydrogens is 348 g/mol. The Labute approximate surface area is 147 Å². The number of thiazole rings is 1. The van der Waals surface area contributed by atoms with Crippen molar-refractivity contribution in [3.8, 4) is 0 Å². The molecule has 2 unspecified atom stereocenters. The van der Waals surface area contributed by atoms with Crippen LogP contribution < -0.4 is 5.32 Å². The SMILES string of the molecule is O=C(NCCC(O)C(O)c1ncc(C(=O)O)s1)OCc1ccccc1. The zero-order valence-electron chi connectivity index (χ0n) is 13.2. The van der Waals surface area contributed by atoms with Crippen LogP contribution in [0.2, 0.25) is 0 Å². The van der Waals surface area contributed by atoms with Crippen molar-refractivity contribution >= 4 is 23.4 Å². The van der Waals surface area contributed by atoms with Crippen molar-refractivity contribution < 1.29 is 29.6 Å². The first-order valence-electron chi connectivity index (χ1n) is 7.47. The summed E-state index contributed by atoms with van der Waals surface area (Å²) < 4.78 is 5.01. The first kappa shape index (κ1) is 18.8. The van der Waals surface area contributed by atoms with Crippen molar-refractivity contribution in [2.45, 2.75) is 25.2 Å². The molecule has 0 radical (unpaired) electrons. The van der Waals surface area contributed by atoms with E-state index in [2.05, 4.69) is 10.3 Å². The summed E-state index contributed by atoms with van der Waals surface area (Å²) in [6.45, 7) is 0.220. The lowest BCUT2D eigenvalue weighted by Gasteiger charge is -2.15. The molecule has 0 aliphatic heterocycles. The minimum absolute atomic E-state index is 0.0242. The van der Waals surface area contributed by atoms with Crippen molar-refractivity contribution in [3.05, 3.63) is 52.0 Å². The maximum Gasteiger partial charge on any atom is 0.407 e. The summed E-state index contributed by atoms with van der Waals surface area (Å²) in [7, 11) is 0. The number of carboxylic acid groups (broad SMARTS) is 1. The Morgan fingerprint density at radius 2 is 1.96 bits per heavy atom. The Morgan fingerprint density at radius 3 is 2.60 bits per heavy atom. The number of aliphatic hydroxyl groups is 2. The highest BCUT2D eigenvalue weighted by atomic mass is 32.1. The molecule has 2 aromatic rings. The molecule has 25 heavy (non-hydrogen) atoms. The fourth-order valence-electron chi connectivity index (χ4n) is 1.94. The third kappa shape index (κ3) is 5.82. The van der Waals surface area contributed by atoms with Gasteiger partial charge in [0.1, 0.15) is 22.6 Å². The van der Waals surface area contributed by atoms with Crippen LogP contribution in [0, 0.1) is 0 Å². The van der Waals surface area contributed by atoms with Gasteiger partial charge in [0.15, 0.2) is 0 Å². The predicted octanol–water partition coefficient (Wildman–Crippen LogP) is 1.55. The third-order valence-electron chi connectivity index (χ3n) is 3.27. The monoisotopic (exact) mass is 366 g/mol. The number of aromatic nitrogens is 1. The van der Waals surface area contributed by atoms with Crippen LogP contribution in [0.3, 0.4) is 0 Å². The molecule has 2 rings (SSSR count). The highest BCUT2D eigenvalue weighted by Crippen LogP contribution is 2.23. The van der Waals surface area contributed by atoms with E-state index in [9.17, 15) is 19.8 Å². The lowest BCUT2D eigenvalue weighted by atomic mass is 10.1. The number of ether oxygens (including phenoxy) is 1. The molecule has 1 aromatic heterocycles. The smallest absolute Gasteiger partial charge is 0.407 e. The summed E-state index contributed by atoms with van der Waals surface area (Å²) in [6.07, 6.45) is -1.96. The normalized spacial score (nSPS) is 13.0. The molecule has 1 aromatic carbocycles. The van der Waals surface area contributed by atoms with Gasteiger partial charge in [0.05, 0.1) is 12.3 Å². The Bertz CT molecular complexity index is 706. The van der Waals surface area contributed by atoms with E-state index in [1.165, 1.54) is 0 Å². The number of nitrogens with zero attached hydrogens (tertiary/aromatic N) is 1. The Hall–Kier alpha value is -2.49. The zero-order valence-corrected chi connectivity index (χ0v) is 14.0. The number of aliphatic hydroxyl groups excluding tert-OH is 2. The van der Waals surface area contributed by atoms with E-state index in [-0.39, 0.29) is 29.5 Å². The zero-order chi connectivity index (χ0) is 18.2. The van der Waals surface area contributed by atoms with Gasteiger partial charge in [0.2, 0.25) is 0 Å². The maximum atomic E-state index is 11.6. The van der Waals surface area contributed by atoms with E-state index in [0.717, 1.165) is 23.1 Å². The Morgan fingerprint density at radius 1 is 1.24 bits per heavy atom. The number of carbonyl (C=O) groups is 2. The standard InChI is InChI=1S/C16H18N2O6S/c19-11(13(20)14-18-8-12(25-14)15(21)22)6-7-17-16(23)24-9-10-4-2-1-3-5-10/h1-5,8,11,13,19-20H,6-7,9H2,(H,17,23)(H,21,22). The van der Waals surface area contributed by atoms with Crippen molar-refractivity contribution in [2.75, 3.05) is 6.54 Å². The fourth-order valence-corrected chi connectivity index (χ4v) is 2.74. The van der Waals surface area contributed by atoms with Gasteiger partial charge in [-0.05, 0) is 12.0 Å². The molecule has 9 heteroatoms. The van der Waals surface area contributed by atoms with E-state index < -0.39 is 24.3 Å². The van der Waals surface area contributed by atoms with Crippen LogP contribution >= 0.6 is 11.3 Å². The fraction of sp³-hybridized carbons (Fsp3) is 0.312. The molecule has 0 aliphatic carbocycles. The lowest BCUT2D eigenvalue weighted by Crippen LogP contribution is -2.29. The number of carbonyl (C=O) groups excluding carboxylic acids is 1. The number of hydrogen-bond acceptors (Lipinski definition) is 7. The van der Waals surface area contributed by atoms with Crippen molar-refractivity contribution in [1.29, 1.82) is 0 Å². The van der Waals surface area contributed by atoms with E-state index in [1.807, 2.05) is 30.3 Å². The summed E-state index contributed by atoms with van der Waals surface area (Å²) in [5, 5.41) is 31.3. The van der Waals surface area contributed by atoms with E-state index in [1.54, 1.807) is 0 Å². The molecule has 0 bridgehead atoms. The summed E-state index contributed by atoms with van der Waals surface area (Å²) >= 11 is 0.790. The Balaban J connectivity index is 1.70. The van der Waals surface area contributed by atoms with Gasteiger partial charge in [0.25, 0.3) is 0 Å². The molecule has 0 saturated carbocycles. The van der Waals surface area contributed by atoms with Crippen LogP contribution in [0.5, 0.6) is 0 Å². The molecule has 1 heterocycles. The van der Waals surface area contributed by atoms with Gasteiger partial charge < -0.3 is 25.4 Å². The van der Waals surface area contributed by atoms with Gasteiger partial charge >= 0.3 is 12.1 Å². The number of hydrogen-bond donors (Lipinski definition) is 4. The molecule has 0 spiro atoms. The second kappa shape index (κ2) is 9.11. The third-order valence-corrected chi connectivity index (χ3v) is 4.33. The van der Waals surface area contributed by atoms with Gasteiger partial charge in [0, 0.05) is 6.54 Å². The topological polar surface area (TPSA) is 129 Å². The average Bonchev–Trinajstić information content (AvgIpc) is 3.10. The molecule has 8 nitrogen and oxygen atoms in total. The number of carboxylic acids is 1. The lowest BCUT2D eigenvalue weighted by molar-refractivity contribution is 0.0135. The van der Waals surface area contributed by atoms with Crippen LogP contribution in [0.4, 0.5) is 4.79 Å². The number of rotatable bonds is 8. The van der Waals surface area contributed by atoms with E-state index in [0.29, 0.717) is 0 Å². The highest BCUT2D eigenvalue weighted by molar-refractivity contribution is 7.13. The summed E-state index contributed by atoms with van der Waals surface area (Å²) in [5.74, 6) is -1.15. The number of amides is 1. The molecule has 2 atom stereocenters. The number of nitrogens with one attached hydrogen (secondary N) is 1. The molecular formula is C16H18N2O6S. The number of alkyl carbamates (subject to hydrolysis) is 1. The molecule has 0 saturated heterocycles. The van der Waals surface area contributed by atoms with Gasteiger partial charge in [-0.2, -0.15) is 0 Å². The van der Waals surface area contributed by atoms with Gasteiger partial charge in [-0.15, -0.1) is 11.3 Å². The minimum Gasteiger partial charge on any atom is -0.477 e. The second-order valence-electron chi connectivity index (χ2n) is 5.16. The largest absolute Gasteiger partial charge is 0.477 e. The predicted molar refractivity (Wildman–Crippen MR) is 89.3 cm³/mol. The number of benzene rings is 1. The second-order valence-corrected chi connectivity index (χ2v) is 6.22. The van der Waals surface area contributed by atoms with Crippen molar-refractivity contribution in [3.63, 3.8) is 0 Å². The highest BCUT2D eigenvalue weighted by Gasteiger charge is 2.23. The molecule has 1 amide bonds. The number of aromatic carboxylic acids is 1. The van der Waals surface area contributed by atoms with Gasteiger partial charge in [-0.3, -0.25) is 0 Å². The van der Waals surface area contributed by atoms with Crippen LogP contribution in [0.25, 0.3) is 0 Å². The van der Waals surface area contributed by atoms with Crippen LogP contribution in [0.1, 0.15) is 32.8 Å². The molecule has 134 valence electrons. The maximum absolute atomic E-state index is 11.6. The first-order valence-corrected chi connectivity index (χ1v) is 8.28. The van der Waals surface area contributed by atoms with Crippen molar-refractivity contribution in [2.24, 2.45) is 0 Å². The van der Waals surface area contributed by atoms with Crippen LogP contribution in [-0.2, 0) is 11.3 Å². The van der Waals surface area contributed by atoms with Crippen LogP contribution in [0.15, 0.2) is 36.5 Å². The molecule has 0 fully saturated rings. The molecule has 4 N–H and O–H groups in total. The quantitative estimate of drug-likeness (QED) is 0.558. The van der Waals surface area contributed by atoms with Gasteiger partial charge in [-0.25, -0.2) is 14.6 Å². The van der Waals surface area contributed by atoms with E-state index >= 15 is 0 Å². The minimum atomic E-state index is -1.32. The average molecular weight is 366 g/mol. The van der Waals surface area contributed by atoms with E-state index in [4.69, 9.17) is 9.84 Å². The molecule has 0 aliphatic rings. The summed E-state index contributed by atoms with van der Waals surface area (Å²) in [5.41, 5.74) is 0.853. The van der Waals surface area contributed by atoms with Gasteiger partial charge in [-0.1, -0.05) is 30.3 Å². The van der Waals surface area contributed by atoms with Crippen LogP contribution in [-0.4, -0.2) is 45.0 Å². The Kier molecular flexibility index (Phi) is 6.87.